The van der Waals surface area contributed by atoms with E-state index in [1.807, 2.05) is 0 Å². The predicted octanol–water partition coefficient (Wildman–Crippen LogP) is 2.10. The Bertz CT molecular complexity index is 456. The molecule has 0 aliphatic rings. The van der Waals surface area contributed by atoms with Gasteiger partial charge in [0.25, 0.3) is 6.43 Å². The standard InChI is InChI=1S/C8H7F3O3S/c1-15(12,13)14-7-3-2-5(8(10)11)4-6(7)9/h2-4,8H,1H3. The fraction of sp³-hybridized carbons (Fsp3) is 0.250. The summed E-state index contributed by atoms with van der Waals surface area (Å²) >= 11 is 0. The molecular formula is C8H7F3O3S. The van der Waals surface area contributed by atoms with Crippen molar-refractivity contribution in [2.75, 3.05) is 6.26 Å². The van der Waals surface area contributed by atoms with Gasteiger partial charge in [-0.25, -0.2) is 13.2 Å². The van der Waals surface area contributed by atoms with Crippen LogP contribution in [0, 0.1) is 5.82 Å². The third kappa shape index (κ3) is 3.43. The first-order chi connectivity index (χ1) is 6.79. The van der Waals surface area contributed by atoms with Crippen molar-refractivity contribution in [1.29, 1.82) is 0 Å². The molecule has 0 aliphatic heterocycles. The molecule has 0 spiro atoms. The first-order valence-electron chi connectivity index (χ1n) is 3.76. The van der Waals surface area contributed by atoms with Crippen LogP contribution in [0.4, 0.5) is 13.2 Å². The number of hydrogen-bond donors (Lipinski definition) is 0. The highest BCUT2D eigenvalue weighted by atomic mass is 32.2. The lowest BCUT2D eigenvalue weighted by Crippen LogP contribution is -2.07. The second-order valence-electron chi connectivity index (χ2n) is 2.78. The summed E-state index contributed by atoms with van der Waals surface area (Å²) in [4.78, 5) is 0. The number of benzene rings is 1. The van der Waals surface area contributed by atoms with E-state index in [2.05, 4.69) is 4.18 Å². The van der Waals surface area contributed by atoms with E-state index in [-0.39, 0.29) is 0 Å². The zero-order valence-corrected chi connectivity index (χ0v) is 8.39. The molecule has 0 unspecified atom stereocenters. The second kappa shape index (κ2) is 4.09. The minimum absolute atomic E-state index is 0.533. The molecule has 0 amide bonds. The van der Waals surface area contributed by atoms with Crippen molar-refractivity contribution in [1.82, 2.24) is 0 Å². The van der Waals surface area contributed by atoms with Crippen molar-refractivity contribution in [2.45, 2.75) is 6.43 Å². The highest BCUT2D eigenvalue weighted by molar-refractivity contribution is 7.86. The molecule has 1 aromatic rings. The van der Waals surface area contributed by atoms with Crippen LogP contribution in [0.2, 0.25) is 0 Å². The van der Waals surface area contributed by atoms with Crippen molar-refractivity contribution in [3.05, 3.63) is 29.6 Å². The summed E-state index contributed by atoms with van der Waals surface area (Å²) in [6.45, 7) is 0. The van der Waals surface area contributed by atoms with Crippen LogP contribution in [0.5, 0.6) is 5.75 Å². The molecule has 3 nitrogen and oxygen atoms in total. The summed E-state index contributed by atoms with van der Waals surface area (Å²) in [7, 11) is -3.86. The third-order valence-electron chi connectivity index (χ3n) is 1.45. The first-order valence-corrected chi connectivity index (χ1v) is 5.58. The second-order valence-corrected chi connectivity index (χ2v) is 4.35. The quantitative estimate of drug-likeness (QED) is 0.760. The Balaban J connectivity index is 3.04. The fourth-order valence-corrected chi connectivity index (χ4v) is 1.34. The van der Waals surface area contributed by atoms with Crippen LogP contribution in [-0.2, 0) is 10.1 Å². The molecule has 0 saturated carbocycles. The summed E-state index contributed by atoms with van der Waals surface area (Å²) in [6.07, 6.45) is -2.08. The maximum absolute atomic E-state index is 13.0. The van der Waals surface area contributed by atoms with Crippen LogP contribution in [0.25, 0.3) is 0 Å². The number of alkyl halides is 2. The van der Waals surface area contributed by atoms with Crippen LogP contribution >= 0.6 is 0 Å². The minimum atomic E-state index is -3.86. The van der Waals surface area contributed by atoms with E-state index in [1.54, 1.807) is 0 Å². The number of halogens is 3. The molecule has 0 fully saturated rings. The van der Waals surface area contributed by atoms with Crippen molar-refractivity contribution < 1.29 is 25.8 Å². The minimum Gasteiger partial charge on any atom is -0.379 e. The Kier molecular flexibility index (Phi) is 3.23. The van der Waals surface area contributed by atoms with Crippen molar-refractivity contribution in [2.24, 2.45) is 0 Å². The predicted molar refractivity (Wildman–Crippen MR) is 46.8 cm³/mol. The molecule has 0 heterocycles. The van der Waals surface area contributed by atoms with Gasteiger partial charge in [0.2, 0.25) is 0 Å². The van der Waals surface area contributed by atoms with E-state index in [1.165, 1.54) is 0 Å². The largest absolute Gasteiger partial charge is 0.379 e. The third-order valence-corrected chi connectivity index (χ3v) is 1.93. The lowest BCUT2D eigenvalue weighted by Gasteiger charge is -2.05. The van der Waals surface area contributed by atoms with Crippen molar-refractivity contribution in [3.63, 3.8) is 0 Å². The van der Waals surface area contributed by atoms with E-state index in [9.17, 15) is 21.6 Å². The summed E-state index contributed by atoms with van der Waals surface area (Å²) in [5, 5.41) is 0. The molecule has 0 saturated heterocycles. The van der Waals surface area contributed by atoms with Gasteiger partial charge in [0.05, 0.1) is 6.26 Å². The molecule has 0 aromatic heterocycles. The molecule has 15 heavy (non-hydrogen) atoms. The van der Waals surface area contributed by atoms with E-state index < -0.39 is 33.7 Å². The van der Waals surface area contributed by atoms with Gasteiger partial charge in [-0.15, -0.1) is 0 Å². The average Bonchev–Trinajstić information content (AvgIpc) is 2.05. The molecule has 0 aliphatic carbocycles. The maximum Gasteiger partial charge on any atom is 0.306 e. The summed E-state index contributed by atoms with van der Waals surface area (Å²) in [5.74, 6) is -1.74. The molecule has 1 rings (SSSR count). The Labute approximate surface area is 84.6 Å². The van der Waals surface area contributed by atoms with Crippen LogP contribution in [-0.4, -0.2) is 14.7 Å². The molecular weight excluding hydrogens is 233 g/mol. The molecule has 0 bridgehead atoms. The zero-order chi connectivity index (χ0) is 11.6. The van der Waals surface area contributed by atoms with Crippen LogP contribution in [0.3, 0.4) is 0 Å². The van der Waals surface area contributed by atoms with Gasteiger partial charge in [-0.05, 0) is 18.2 Å². The Morgan fingerprint density at radius 3 is 2.33 bits per heavy atom. The monoisotopic (exact) mass is 240 g/mol. The van der Waals surface area contributed by atoms with Gasteiger partial charge in [-0.1, -0.05) is 0 Å². The molecule has 1 aromatic carbocycles. The van der Waals surface area contributed by atoms with Crippen molar-refractivity contribution in [3.8, 4) is 5.75 Å². The zero-order valence-electron chi connectivity index (χ0n) is 7.58. The lowest BCUT2D eigenvalue weighted by atomic mass is 10.2. The smallest absolute Gasteiger partial charge is 0.306 e. The topological polar surface area (TPSA) is 43.4 Å². The van der Waals surface area contributed by atoms with Gasteiger partial charge in [0.15, 0.2) is 11.6 Å². The summed E-state index contributed by atoms with van der Waals surface area (Å²) < 4.78 is 62.7. The number of rotatable bonds is 3. The summed E-state index contributed by atoms with van der Waals surface area (Å²) in [5.41, 5.74) is -0.534. The molecule has 7 heteroatoms. The molecule has 0 atom stereocenters. The molecule has 0 radical (unpaired) electrons. The van der Waals surface area contributed by atoms with E-state index in [0.29, 0.717) is 6.07 Å². The normalized spacial score (nSPS) is 11.8. The molecule has 84 valence electrons. The Morgan fingerprint density at radius 1 is 1.33 bits per heavy atom. The summed E-state index contributed by atoms with van der Waals surface area (Å²) in [6, 6.07) is 2.28. The van der Waals surface area contributed by atoms with E-state index in [0.717, 1.165) is 18.4 Å². The fourth-order valence-electron chi connectivity index (χ4n) is 0.883. The first kappa shape index (κ1) is 11.8. The van der Waals surface area contributed by atoms with Crippen LogP contribution in [0.1, 0.15) is 12.0 Å². The average molecular weight is 240 g/mol. The van der Waals surface area contributed by atoms with Crippen molar-refractivity contribution >= 4 is 10.1 Å². The highest BCUT2D eigenvalue weighted by Gasteiger charge is 2.14. The lowest BCUT2D eigenvalue weighted by molar-refractivity contribution is 0.151. The SMILES string of the molecule is CS(=O)(=O)Oc1ccc(C(F)F)cc1F. The molecule has 0 N–H and O–H groups in total. The van der Waals surface area contributed by atoms with Gasteiger partial charge in [-0.2, -0.15) is 8.42 Å². The Hall–Kier alpha value is -1.24. The maximum atomic E-state index is 13.0. The van der Waals surface area contributed by atoms with Crippen LogP contribution < -0.4 is 4.18 Å². The van der Waals surface area contributed by atoms with Gasteiger partial charge in [0.1, 0.15) is 0 Å². The van der Waals surface area contributed by atoms with E-state index in [4.69, 9.17) is 0 Å². The van der Waals surface area contributed by atoms with E-state index >= 15 is 0 Å². The van der Waals surface area contributed by atoms with Gasteiger partial charge >= 0.3 is 10.1 Å². The van der Waals surface area contributed by atoms with Crippen LogP contribution in [0.15, 0.2) is 18.2 Å². The number of hydrogen-bond acceptors (Lipinski definition) is 3. The Morgan fingerprint density at radius 2 is 1.93 bits per heavy atom. The van der Waals surface area contributed by atoms with Gasteiger partial charge in [0, 0.05) is 5.56 Å². The van der Waals surface area contributed by atoms with Gasteiger partial charge < -0.3 is 4.18 Å². The highest BCUT2D eigenvalue weighted by Crippen LogP contribution is 2.25. The van der Waals surface area contributed by atoms with Gasteiger partial charge in [-0.3, -0.25) is 0 Å².